The SMILES string of the molecule is Cc1cccnc1-c1ncc(Br)c(=O)[nH]1. The van der Waals surface area contributed by atoms with Gasteiger partial charge >= 0.3 is 0 Å². The molecular formula is C10H8BrN3O. The zero-order valence-corrected chi connectivity index (χ0v) is 9.58. The summed E-state index contributed by atoms with van der Waals surface area (Å²) in [5.41, 5.74) is 1.47. The van der Waals surface area contributed by atoms with Crippen molar-refractivity contribution in [3.63, 3.8) is 0 Å². The molecule has 1 N–H and O–H groups in total. The molecule has 2 rings (SSSR count). The number of nitrogens with one attached hydrogen (secondary N) is 1. The zero-order valence-electron chi connectivity index (χ0n) is 7.99. The Morgan fingerprint density at radius 1 is 1.40 bits per heavy atom. The Kier molecular flexibility index (Phi) is 2.64. The number of halogens is 1. The van der Waals surface area contributed by atoms with Crippen molar-refractivity contribution in [2.75, 3.05) is 0 Å². The molecule has 5 heteroatoms. The molecule has 0 bridgehead atoms. The number of hydrogen-bond donors (Lipinski definition) is 1. The molecule has 2 aromatic heterocycles. The predicted molar refractivity (Wildman–Crippen MR) is 60.5 cm³/mol. The minimum Gasteiger partial charge on any atom is -0.304 e. The summed E-state index contributed by atoms with van der Waals surface area (Å²) in [5, 5.41) is 0. The summed E-state index contributed by atoms with van der Waals surface area (Å²) < 4.78 is 0.417. The van der Waals surface area contributed by atoms with E-state index in [-0.39, 0.29) is 5.56 Å². The fourth-order valence-corrected chi connectivity index (χ4v) is 1.43. The van der Waals surface area contributed by atoms with Gasteiger partial charge in [-0.25, -0.2) is 4.98 Å². The molecule has 76 valence electrons. The molecule has 0 atom stereocenters. The molecule has 15 heavy (non-hydrogen) atoms. The quantitative estimate of drug-likeness (QED) is 0.857. The Morgan fingerprint density at radius 3 is 2.87 bits per heavy atom. The molecule has 0 spiro atoms. The molecule has 2 aromatic rings. The highest BCUT2D eigenvalue weighted by molar-refractivity contribution is 9.10. The number of aromatic nitrogens is 3. The standard InChI is InChI=1S/C10H8BrN3O/c1-6-3-2-4-12-8(6)9-13-5-7(11)10(15)14-9/h2-5H,1H3,(H,13,14,15). The number of pyridine rings is 1. The lowest BCUT2D eigenvalue weighted by Crippen LogP contribution is -2.09. The third-order valence-electron chi connectivity index (χ3n) is 1.99. The summed E-state index contributed by atoms with van der Waals surface area (Å²) in [6.07, 6.45) is 3.15. The second kappa shape index (κ2) is 3.94. The smallest absolute Gasteiger partial charge is 0.265 e. The highest BCUT2D eigenvalue weighted by Crippen LogP contribution is 2.14. The van der Waals surface area contributed by atoms with Gasteiger partial charge in [0.15, 0.2) is 5.82 Å². The highest BCUT2D eigenvalue weighted by atomic mass is 79.9. The molecule has 0 aliphatic rings. The van der Waals surface area contributed by atoms with E-state index in [9.17, 15) is 4.79 Å². The van der Waals surface area contributed by atoms with Crippen LogP contribution in [0.15, 0.2) is 33.8 Å². The molecular weight excluding hydrogens is 258 g/mol. The molecule has 0 aliphatic carbocycles. The van der Waals surface area contributed by atoms with Crippen LogP contribution in [0.1, 0.15) is 5.56 Å². The number of nitrogens with zero attached hydrogens (tertiary/aromatic N) is 2. The number of aromatic amines is 1. The molecule has 0 amide bonds. The first-order valence-corrected chi connectivity index (χ1v) is 5.14. The van der Waals surface area contributed by atoms with E-state index < -0.39 is 0 Å². The predicted octanol–water partition coefficient (Wildman–Crippen LogP) is 1.90. The summed E-state index contributed by atoms with van der Waals surface area (Å²) >= 11 is 3.09. The largest absolute Gasteiger partial charge is 0.304 e. The van der Waals surface area contributed by atoms with Gasteiger partial charge in [-0.15, -0.1) is 0 Å². The van der Waals surface area contributed by atoms with Crippen LogP contribution in [-0.2, 0) is 0 Å². The van der Waals surface area contributed by atoms with E-state index in [0.29, 0.717) is 16.0 Å². The van der Waals surface area contributed by atoms with Gasteiger partial charge in [0, 0.05) is 12.4 Å². The zero-order chi connectivity index (χ0) is 10.8. The van der Waals surface area contributed by atoms with Crippen LogP contribution < -0.4 is 5.56 Å². The Balaban J connectivity index is 2.60. The summed E-state index contributed by atoms with van der Waals surface area (Å²) in [6, 6.07) is 3.76. The first kappa shape index (κ1) is 10.0. The Morgan fingerprint density at radius 2 is 2.20 bits per heavy atom. The Bertz CT molecular complexity index is 550. The minimum atomic E-state index is -0.204. The van der Waals surface area contributed by atoms with Crippen molar-refractivity contribution >= 4 is 15.9 Å². The highest BCUT2D eigenvalue weighted by Gasteiger charge is 2.06. The average Bonchev–Trinajstić information content (AvgIpc) is 2.23. The van der Waals surface area contributed by atoms with Crippen LogP contribution in [0.4, 0.5) is 0 Å². The second-order valence-corrected chi connectivity index (χ2v) is 3.93. The van der Waals surface area contributed by atoms with Gasteiger partial charge < -0.3 is 4.98 Å². The molecule has 0 fully saturated rings. The summed E-state index contributed by atoms with van der Waals surface area (Å²) in [5.74, 6) is 0.487. The van der Waals surface area contributed by atoms with E-state index in [0.717, 1.165) is 5.56 Å². The Labute approximate surface area is 94.5 Å². The molecule has 0 unspecified atom stereocenters. The van der Waals surface area contributed by atoms with Gasteiger partial charge in [0.1, 0.15) is 10.2 Å². The molecule has 0 aromatic carbocycles. The first-order valence-electron chi connectivity index (χ1n) is 4.35. The maximum atomic E-state index is 11.4. The van der Waals surface area contributed by atoms with E-state index in [2.05, 4.69) is 30.9 Å². The molecule has 2 heterocycles. The third kappa shape index (κ3) is 1.97. The Hall–Kier alpha value is -1.49. The van der Waals surface area contributed by atoms with Crippen LogP contribution in [0.25, 0.3) is 11.5 Å². The first-order chi connectivity index (χ1) is 7.18. The van der Waals surface area contributed by atoms with E-state index in [1.54, 1.807) is 6.20 Å². The minimum absolute atomic E-state index is 0.204. The molecule has 0 radical (unpaired) electrons. The van der Waals surface area contributed by atoms with Crippen LogP contribution in [0.2, 0.25) is 0 Å². The number of aryl methyl sites for hydroxylation is 1. The fourth-order valence-electron chi connectivity index (χ4n) is 1.23. The van der Waals surface area contributed by atoms with E-state index >= 15 is 0 Å². The van der Waals surface area contributed by atoms with Crippen LogP contribution in [0.5, 0.6) is 0 Å². The van der Waals surface area contributed by atoms with Crippen molar-refractivity contribution in [3.05, 3.63) is 44.9 Å². The van der Waals surface area contributed by atoms with Crippen molar-refractivity contribution in [3.8, 4) is 11.5 Å². The van der Waals surface area contributed by atoms with Crippen molar-refractivity contribution in [2.24, 2.45) is 0 Å². The monoisotopic (exact) mass is 265 g/mol. The summed E-state index contributed by atoms with van der Waals surface area (Å²) in [7, 11) is 0. The fraction of sp³-hybridized carbons (Fsp3) is 0.100. The maximum Gasteiger partial charge on any atom is 0.265 e. The summed E-state index contributed by atoms with van der Waals surface area (Å²) in [4.78, 5) is 22.3. The lowest BCUT2D eigenvalue weighted by molar-refractivity contribution is 1.08. The average molecular weight is 266 g/mol. The van der Waals surface area contributed by atoms with Crippen molar-refractivity contribution in [1.29, 1.82) is 0 Å². The van der Waals surface area contributed by atoms with E-state index in [1.807, 2.05) is 19.1 Å². The van der Waals surface area contributed by atoms with Gasteiger partial charge in [0.05, 0.1) is 0 Å². The molecule has 4 nitrogen and oxygen atoms in total. The second-order valence-electron chi connectivity index (χ2n) is 3.08. The van der Waals surface area contributed by atoms with Gasteiger partial charge in [0.25, 0.3) is 5.56 Å². The molecule has 0 aliphatic heterocycles. The van der Waals surface area contributed by atoms with Crippen LogP contribution >= 0.6 is 15.9 Å². The number of hydrogen-bond acceptors (Lipinski definition) is 3. The van der Waals surface area contributed by atoms with Gasteiger partial charge in [-0.05, 0) is 34.5 Å². The topological polar surface area (TPSA) is 58.6 Å². The lowest BCUT2D eigenvalue weighted by atomic mass is 10.2. The number of rotatable bonds is 1. The van der Waals surface area contributed by atoms with Crippen molar-refractivity contribution < 1.29 is 0 Å². The van der Waals surface area contributed by atoms with Gasteiger partial charge in [-0.1, -0.05) is 6.07 Å². The van der Waals surface area contributed by atoms with Crippen LogP contribution in [0, 0.1) is 6.92 Å². The molecule has 0 saturated carbocycles. The van der Waals surface area contributed by atoms with E-state index in [1.165, 1.54) is 6.20 Å². The van der Waals surface area contributed by atoms with Gasteiger partial charge in [-0.3, -0.25) is 9.78 Å². The third-order valence-corrected chi connectivity index (χ3v) is 2.55. The van der Waals surface area contributed by atoms with Gasteiger partial charge in [-0.2, -0.15) is 0 Å². The molecule has 0 saturated heterocycles. The van der Waals surface area contributed by atoms with Crippen LogP contribution in [-0.4, -0.2) is 15.0 Å². The van der Waals surface area contributed by atoms with Crippen molar-refractivity contribution in [2.45, 2.75) is 6.92 Å². The lowest BCUT2D eigenvalue weighted by Gasteiger charge is -2.02. The van der Waals surface area contributed by atoms with E-state index in [4.69, 9.17) is 0 Å². The van der Waals surface area contributed by atoms with Crippen LogP contribution in [0.3, 0.4) is 0 Å². The normalized spacial score (nSPS) is 10.3. The number of H-pyrrole nitrogens is 1. The van der Waals surface area contributed by atoms with Gasteiger partial charge in [0.2, 0.25) is 0 Å². The summed E-state index contributed by atoms with van der Waals surface area (Å²) in [6.45, 7) is 1.92. The van der Waals surface area contributed by atoms with Crippen molar-refractivity contribution in [1.82, 2.24) is 15.0 Å². The maximum absolute atomic E-state index is 11.4.